The number of aromatic nitrogens is 4. The van der Waals surface area contributed by atoms with E-state index in [1.54, 1.807) is 10.5 Å². The van der Waals surface area contributed by atoms with Crippen molar-refractivity contribution in [2.45, 2.75) is 63.9 Å². The maximum Gasteiger partial charge on any atom is 0.262 e. The third kappa shape index (κ3) is 4.66. The van der Waals surface area contributed by atoms with Crippen molar-refractivity contribution in [3.63, 3.8) is 0 Å². The van der Waals surface area contributed by atoms with Gasteiger partial charge in [0, 0.05) is 28.9 Å². The zero-order valence-electron chi connectivity index (χ0n) is 18.9. The van der Waals surface area contributed by atoms with Crippen LogP contribution in [0.1, 0.15) is 57.5 Å². The summed E-state index contributed by atoms with van der Waals surface area (Å²) in [4.78, 5) is 36.1. The molecular formula is C24H28N4O2S2. The molecule has 0 N–H and O–H groups in total. The summed E-state index contributed by atoms with van der Waals surface area (Å²) < 4.78 is 3.45. The molecule has 4 aromatic rings. The molecule has 0 fully saturated rings. The Labute approximate surface area is 195 Å². The molecular weight excluding hydrogens is 440 g/mol. The fourth-order valence-electron chi connectivity index (χ4n) is 3.88. The van der Waals surface area contributed by atoms with Gasteiger partial charge in [-0.3, -0.25) is 18.6 Å². The van der Waals surface area contributed by atoms with Crippen molar-refractivity contribution in [2.75, 3.05) is 0 Å². The largest absolute Gasteiger partial charge is 0.284 e. The van der Waals surface area contributed by atoms with Crippen LogP contribution in [0.15, 0.2) is 50.5 Å². The monoisotopic (exact) mass is 468 g/mol. The summed E-state index contributed by atoms with van der Waals surface area (Å²) in [5, 5.41) is 3.25. The second-order valence-electron chi connectivity index (χ2n) is 8.63. The van der Waals surface area contributed by atoms with Crippen LogP contribution in [-0.2, 0) is 5.75 Å². The van der Waals surface area contributed by atoms with Crippen LogP contribution in [0.4, 0.5) is 0 Å². The number of para-hydroxylation sites is 1. The molecule has 6 nitrogen and oxygen atoms in total. The molecule has 1 unspecified atom stereocenters. The Bertz CT molecular complexity index is 1370. The number of aryl methyl sites for hydroxylation is 1. The van der Waals surface area contributed by atoms with Crippen LogP contribution in [0, 0.1) is 12.8 Å². The van der Waals surface area contributed by atoms with Gasteiger partial charge in [0.05, 0.1) is 16.6 Å². The van der Waals surface area contributed by atoms with E-state index >= 15 is 0 Å². The van der Waals surface area contributed by atoms with E-state index in [0.29, 0.717) is 38.4 Å². The number of nitrogens with zero attached hydrogens (tertiary/aromatic N) is 4. The third-order valence-electron chi connectivity index (χ3n) is 5.60. The fourth-order valence-corrected chi connectivity index (χ4v) is 5.76. The second kappa shape index (κ2) is 9.58. The topological polar surface area (TPSA) is 69.3 Å². The van der Waals surface area contributed by atoms with E-state index in [9.17, 15) is 9.59 Å². The minimum absolute atomic E-state index is 0.00694. The molecule has 0 saturated heterocycles. The molecule has 32 heavy (non-hydrogen) atoms. The summed E-state index contributed by atoms with van der Waals surface area (Å²) >= 11 is 2.93. The van der Waals surface area contributed by atoms with Gasteiger partial charge in [0.1, 0.15) is 0 Å². The van der Waals surface area contributed by atoms with Crippen LogP contribution in [0.3, 0.4) is 0 Å². The molecule has 0 spiro atoms. The Morgan fingerprint density at radius 3 is 2.66 bits per heavy atom. The Morgan fingerprint density at radius 1 is 1.09 bits per heavy atom. The van der Waals surface area contributed by atoms with Crippen LogP contribution in [0.5, 0.6) is 0 Å². The SMILES string of the molecule is Cc1csc2nc(CSc3nc4ccccc4c(=O)n3C(C)CCCC(C)C)cc(=O)n12. The Balaban J connectivity index is 1.67. The predicted molar refractivity (Wildman–Crippen MR) is 133 cm³/mol. The molecule has 0 saturated carbocycles. The van der Waals surface area contributed by atoms with Crippen molar-refractivity contribution >= 4 is 39.0 Å². The number of thioether (sulfide) groups is 1. The summed E-state index contributed by atoms with van der Waals surface area (Å²) in [5.74, 6) is 1.12. The highest BCUT2D eigenvalue weighted by molar-refractivity contribution is 7.98. The van der Waals surface area contributed by atoms with E-state index in [1.165, 1.54) is 23.1 Å². The molecule has 168 valence electrons. The average molecular weight is 469 g/mol. The standard InChI is InChI=1S/C24H28N4O2S2/c1-15(2)8-7-9-16(3)28-22(30)19-10-5-6-11-20(19)26-24(28)32-14-18-12-21(29)27-17(4)13-31-23(27)25-18/h5-6,10-13,15-16H,7-9,14H2,1-4H3. The molecule has 0 bridgehead atoms. The number of benzene rings is 1. The van der Waals surface area contributed by atoms with Crippen LogP contribution in [-0.4, -0.2) is 18.9 Å². The van der Waals surface area contributed by atoms with Crippen molar-refractivity contribution in [1.29, 1.82) is 0 Å². The minimum Gasteiger partial charge on any atom is -0.284 e. The first-order chi connectivity index (χ1) is 15.3. The van der Waals surface area contributed by atoms with Gasteiger partial charge < -0.3 is 0 Å². The van der Waals surface area contributed by atoms with Gasteiger partial charge in [0.25, 0.3) is 11.1 Å². The Kier molecular flexibility index (Phi) is 6.81. The summed E-state index contributed by atoms with van der Waals surface area (Å²) in [6, 6.07) is 9.11. The number of rotatable bonds is 8. The number of fused-ring (bicyclic) bond motifs is 2. The van der Waals surface area contributed by atoms with E-state index in [4.69, 9.17) is 4.98 Å². The molecule has 1 atom stereocenters. The van der Waals surface area contributed by atoms with Gasteiger partial charge >= 0.3 is 0 Å². The van der Waals surface area contributed by atoms with Crippen molar-refractivity contribution < 1.29 is 0 Å². The smallest absolute Gasteiger partial charge is 0.262 e. The molecule has 0 amide bonds. The van der Waals surface area contributed by atoms with Gasteiger partial charge in [-0.15, -0.1) is 11.3 Å². The predicted octanol–water partition coefficient (Wildman–Crippen LogP) is 5.45. The molecule has 0 radical (unpaired) electrons. The highest BCUT2D eigenvalue weighted by atomic mass is 32.2. The summed E-state index contributed by atoms with van der Waals surface area (Å²) in [6.07, 6.45) is 3.12. The van der Waals surface area contributed by atoms with Crippen LogP contribution in [0.2, 0.25) is 0 Å². The molecule has 1 aromatic carbocycles. The molecule has 4 rings (SSSR count). The normalized spacial score (nSPS) is 12.8. The Morgan fingerprint density at radius 2 is 1.88 bits per heavy atom. The lowest BCUT2D eigenvalue weighted by Gasteiger charge is -2.20. The van der Waals surface area contributed by atoms with E-state index in [-0.39, 0.29) is 17.2 Å². The van der Waals surface area contributed by atoms with Crippen LogP contribution < -0.4 is 11.1 Å². The van der Waals surface area contributed by atoms with Crippen molar-refractivity contribution in [3.8, 4) is 0 Å². The first-order valence-corrected chi connectivity index (χ1v) is 12.8. The van der Waals surface area contributed by atoms with Crippen molar-refractivity contribution in [3.05, 3.63) is 67.8 Å². The first-order valence-electron chi connectivity index (χ1n) is 11.0. The van der Waals surface area contributed by atoms with Gasteiger partial charge in [0.15, 0.2) is 10.1 Å². The number of hydrogen-bond acceptors (Lipinski definition) is 6. The zero-order chi connectivity index (χ0) is 22.8. The first kappa shape index (κ1) is 22.7. The van der Waals surface area contributed by atoms with E-state index in [1.807, 2.05) is 41.1 Å². The molecule has 3 heterocycles. The third-order valence-corrected chi connectivity index (χ3v) is 7.53. The number of hydrogen-bond donors (Lipinski definition) is 0. The van der Waals surface area contributed by atoms with Crippen molar-refractivity contribution in [2.24, 2.45) is 5.92 Å². The maximum atomic E-state index is 13.4. The van der Waals surface area contributed by atoms with Gasteiger partial charge in [-0.1, -0.05) is 50.6 Å². The summed E-state index contributed by atoms with van der Waals surface area (Å²) in [7, 11) is 0. The van der Waals surface area contributed by atoms with E-state index in [0.717, 1.165) is 25.0 Å². The molecule has 0 aliphatic heterocycles. The molecule has 0 aliphatic rings. The Hall–Kier alpha value is -2.45. The van der Waals surface area contributed by atoms with Gasteiger partial charge in [-0.25, -0.2) is 9.97 Å². The minimum atomic E-state index is -0.0738. The zero-order valence-corrected chi connectivity index (χ0v) is 20.5. The van der Waals surface area contributed by atoms with E-state index in [2.05, 4.69) is 25.8 Å². The van der Waals surface area contributed by atoms with Crippen LogP contribution in [0.25, 0.3) is 15.9 Å². The summed E-state index contributed by atoms with van der Waals surface area (Å²) in [6.45, 7) is 8.43. The molecule has 8 heteroatoms. The van der Waals surface area contributed by atoms with Gasteiger partial charge in [-0.2, -0.15) is 0 Å². The highest BCUT2D eigenvalue weighted by Crippen LogP contribution is 2.26. The molecule has 3 aromatic heterocycles. The number of thiazole rings is 1. The second-order valence-corrected chi connectivity index (χ2v) is 10.4. The maximum absolute atomic E-state index is 13.4. The fraction of sp³-hybridized carbons (Fsp3) is 0.417. The lowest BCUT2D eigenvalue weighted by Crippen LogP contribution is -2.26. The van der Waals surface area contributed by atoms with Crippen LogP contribution >= 0.6 is 23.1 Å². The van der Waals surface area contributed by atoms with Gasteiger partial charge in [0.2, 0.25) is 0 Å². The van der Waals surface area contributed by atoms with Crippen molar-refractivity contribution in [1.82, 2.24) is 18.9 Å². The highest BCUT2D eigenvalue weighted by Gasteiger charge is 2.17. The van der Waals surface area contributed by atoms with E-state index < -0.39 is 0 Å². The summed E-state index contributed by atoms with van der Waals surface area (Å²) in [5.41, 5.74) is 2.20. The lowest BCUT2D eigenvalue weighted by atomic mass is 10.0. The molecule has 0 aliphatic carbocycles. The average Bonchev–Trinajstić information content (AvgIpc) is 3.13. The lowest BCUT2D eigenvalue weighted by molar-refractivity contribution is 0.414. The quantitative estimate of drug-likeness (QED) is 0.254. The van der Waals surface area contributed by atoms with Gasteiger partial charge in [-0.05, 0) is 38.3 Å².